The van der Waals surface area contributed by atoms with Gasteiger partial charge in [0.1, 0.15) is 0 Å². The van der Waals surface area contributed by atoms with Crippen LogP contribution in [-0.2, 0) is 9.84 Å². The molecular formula is C12H18ClNO2S2. The van der Waals surface area contributed by atoms with E-state index in [9.17, 15) is 8.42 Å². The minimum absolute atomic E-state index is 0.263. The van der Waals surface area contributed by atoms with Gasteiger partial charge >= 0.3 is 0 Å². The largest absolute Gasteiger partial charge is 0.309 e. The van der Waals surface area contributed by atoms with Crippen molar-refractivity contribution in [2.45, 2.75) is 25.8 Å². The number of nitrogens with one attached hydrogen (secondary N) is 1. The van der Waals surface area contributed by atoms with Gasteiger partial charge in [-0.2, -0.15) is 0 Å². The van der Waals surface area contributed by atoms with E-state index in [0.29, 0.717) is 11.5 Å². The summed E-state index contributed by atoms with van der Waals surface area (Å²) in [5.74, 6) is 0.947. The molecule has 0 spiro atoms. The molecule has 0 bridgehead atoms. The molecule has 1 fully saturated rings. The molecule has 0 aromatic carbocycles. The summed E-state index contributed by atoms with van der Waals surface area (Å²) < 4.78 is 23.6. The van der Waals surface area contributed by atoms with Gasteiger partial charge in [0.25, 0.3) is 0 Å². The van der Waals surface area contributed by atoms with Crippen LogP contribution in [-0.4, -0.2) is 26.5 Å². The van der Waals surface area contributed by atoms with Crippen molar-refractivity contribution >= 4 is 32.8 Å². The zero-order valence-corrected chi connectivity index (χ0v) is 12.7. The molecule has 0 unspecified atom stereocenters. The van der Waals surface area contributed by atoms with Crippen molar-refractivity contribution in [3.63, 3.8) is 0 Å². The standard InChI is InChI=1S/C12H18ClNO2S2/c1-2-10(11-3-4-12(13)17-11)14-7-9-5-6-18(15,16)8-9/h3-4,9-10,14H,2,5-8H2,1H3/t9-,10-/m0/s1. The zero-order valence-electron chi connectivity index (χ0n) is 10.4. The monoisotopic (exact) mass is 307 g/mol. The topological polar surface area (TPSA) is 46.2 Å². The fourth-order valence-electron chi connectivity index (χ4n) is 2.30. The van der Waals surface area contributed by atoms with Crippen molar-refractivity contribution < 1.29 is 8.42 Å². The minimum Gasteiger partial charge on any atom is -0.309 e. The second-order valence-electron chi connectivity index (χ2n) is 4.78. The SMILES string of the molecule is CC[C@H](NC[C@@H]1CCS(=O)(=O)C1)c1ccc(Cl)s1. The minimum atomic E-state index is -2.77. The van der Waals surface area contributed by atoms with Gasteiger partial charge in [-0.1, -0.05) is 18.5 Å². The van der Waals surface area contributed by atoms with E-state index < -0.39 is 9.84 Å². The first kappa shape index (κ1) is 14.3. The summed E-state index contributed by atoms with van der Waals surface area (Å²) >= 11 is 7.52. The molecule has 1 aliphatic rings. The van der Waals surface area contributed by atoms with Crippen LogP contribution in [0.15, 0.2) is 12.1 Å². The molecule has 102 valence electrons. The van der Waals surface area contributed by atoms with Gasteiger partial charge in [-0.3, -0.25) is 0 Å². The van der Waals surface area contributed by atoms with E-state index in [1.54, 1.807) is 11.3 Å². The van der Waals surface area contributed by atoms with Gasteiger partial charge < -0.3 is 5.32 Å². The summed E-state index contributed by atoms with van der Waals surface area (Å²) in [5, 5.41) is 3.47. The van der Waals surface area contributed by atoms with Crippen molar-refractivity contribution in [1.82, 2.24) is 5.32 Å². The van der Waals surface area contributed by atoms with E-state index >= 15 is 0 Å². The van der Waals surface area contributed by atoms with Crippen molar-refractivity contribution in [3.05, 3.63) is 21.3 Å². The van der Waals surface area contributed by atoms with Gasteiger partial charge in [-0.15, -0.1) is 11.3 Å². The summed E-state index contributed by atoms with van der Waals surface area (Å²) in [7, 11) is -2.77. The summed E-state index contributed by atoms with van der Waals surface area (Å²) in [6, 6.07) is 4.23. The quantitative estimate of drug-likeness (QED) is 0.910. The van der Waals surface area contributed by atoms with E-state index in [2.05, 4.69) is 12.2 Å². The average molecular weight is 308 g/mol. The third-order valence-electron chi connectivity index (χ3n) is 3.33. The molecule has 1 saturated heterocycles. The molecule has 0 aliphatic carbocycles. The zero-order chi connectivity index (χ0) is 13.2. The molecular weight excluding hydrogens is 290 g/mol. The van der Waals surface area contributed by atoms with Crippen molar-refractivity contribution in [1.29, 1.82) is 0 Å². The first-order valence-corrected chi connectivity index (χ1v) is 9.21. The third kappa shape index (κ3) is 3.70. The van der Waals surface area contributed by atoms with Gasteiger partial charge in [0, 0.05) is 10.9 Å². The maximum Gasteiger partial charge on any atom is 0.150 e. The first-order chi connectivity index (χ1) is 8.50. The first-order valence-electron chi connectivity index (χ1n) is 6.19. The molecule has 2 atom stereocenters. The fraction of sp³-hybridized carbons (Fsp3) is 0.667. The van der Waals surface area contributed by atoms with Crippen LogP contribution in [0.4, 0.5) is 0 Å². The van der Waals surface area contributed by atoms with Crippen LogP contribution in [0.3, 0.4) is 0 Å². The smallest absolute Gasteiger partial charge is 0.150 e. The summed E-state index contributed by atoms with van der Waals surface area (Å²) in [6.07, 6.45) is 1.77. The summed E-state index contributed by atoms with van der Waals surface area (Å²) in [4.78, 5) is 1.23. The highest BCUT2D eigenvalue weighted by Gasteiger charge is 2.28. The third-order valence-corrected chi connectivity index (χ3v) is 6.51. The van der Waals surface area contributed by atoms with Gasteiger partial charge in [0.05, 0.1) is 15.8 Å². The maximum absolute atomic E-state index is 11.4. The lowest BCUT2D eigenvalue weighted by molar-refractivity contribution is 0.454. The molecule has 3 nitrogen and oxygen atoms in total. The summed E-state index contributed by atoms with van der Waals surface area (Å²) in [5.41, 5.74) is 0. The van der Waals surface area contributed by atoms with E-state index in [4.69, 9.17) is 11.6 Å². The lowest BCUT2D eigenvalue weighted by Gasteiger charge is -2.17. The molecule has 1 N–H and O–H groups in total. The normalized spacial score (nSPS) is 24.2. The Morgan fingerprint density at radius 3 is 2.83 bits per heavy atom. The van der Waals surface area contributed by atoms with Crippen LogP contribution in [0, 0.1) is 5.92 Å². The van der Waals surface area contributed by atoms with Crippen molar-refractivity contribution in [2.24, 2.45) is 5.92 Å². The molecule has 0 saturated carbocycles. The number of hydrogen-bond acceptors (Lipinski definition) is 4. The Bertz CT molecular complexity index is 498. The Hall–Kier alpha value is -0.100. The van der Waals surface area contributed by atoms with Crippen LogP contribution in [0.25, 0.3) is 0 Å². The second-order valence-corrected chi connectivity index (χ2v) is 8.76. The van der Waals surface area contributed by atoms with Crippen molar-refractivity contribution in [2.75, 3.05) is 18.1 Å². The van der Waals surface area contributed by atoms with E-state index in [-0.39, 0.29) is 12.0 Å². The predicted octanol–water partition coefficient (Wildman–Crippen LogP) is 2.88. The van der Waals surface area contributed by atoms with Gasteiger partial charge in [0.2, 0.25) is 0 Å². The lowest BCUT2D eigenvalue weighted by Crippen LogP contribution is -2.27. The van der Waals surface area contributed by atoms with Gasteiger partial charge in [0.15, 0.2) is 9.84 Å². The molecule has 1 aromatic heterocycles. The van der Waals surface area contributed by atoms with Crippen molar-refractivity contribution in [3.8, 4) is 0 Å². The molecule has 0 amide bonds. The van der Waals surface area contributed by atoms with Crippen LogP contribution in [0.1, 0.15) is 30.7 Å². The van der Waals surface area contributed by atoms with Crippen LogP contribution >= 0.6 is 22.9 Å². The van der Waals surface area contributed by atoms with Gasteiger partial charge in [-0.25, -0.2) is 8.42 Å². The lowest BCUT2D eigenvalue weighted by atomic mass is 10.1. The fourth-order valence-corrected chi connectivity index (χ4v) is 5.39. The number of sulfone groups is 1. The molecule has 1 aliphatic heterocycles. The number of thiophene rings is 1. The number of halogens is 1. The van der Waals surface area contributed by atoms with Crippen LogP contribution in [0.5, 0.6) is 0 Å². The molecule has 2 rings (SSSR count). The Labute approximate surface area is 117 Å². The average Bonchev–Trinajstić information content (AvgIpc) is 2.86. The Balaban J connectivity index is 1.88. The summed E-state index contributed by atoms with van der Waals surface area (Å²) in [6.45, 7) is 2.89. The van der Waals surface area contributed by atoms with Crippen LogP contribution in [0.2, 0.25) is 4.34 Å². The second kappa shape index (κ2) is 5.90. The van der Waals surface area contributed by atoms with E-state index in [1.807, 2.05) is 12.1 Å². The Morgan fingerprint density at radius 2 is 2.33 bits per heavy atom. The number of rotatable bonds is 5. The van der Waals surface area contributed by atoms with Crippen LogP contribution < -0.4 is 5.32 Å². The Morgan fingerprint density at radius 1 is 1.56 bits per heavy atom. The Kier molecular flexibility index (Phi) is 4.69. The molecule has 0 radical (unpaired) electrons. The highest BCUT2D eigenvalue weighted by Crippen LogP contribution is 2.29. The molecule has 2 heterocycles. The van der Waals surface area contributed by atoms with E-state index in [1.165, 1.54) is 4.88 Å². The maximum atomic E-state index is 11.4. The highest BCUT2D eigenvalue weighted by atomic mass is 35.5. The van der Waals surface area contributed by atoms with Gasteiger partial charge in [-0.05, 0) is 37.4 Å². The molecule has 18 heavy (non-hydrogen) atoms. The predicted molar refractivity (Wildman–Crippen MR) is 77.1 cm³/mol. The highest BCUT2D eigenvalue weighted by molar-refractivity contribution is 7.91. The van der Waals surface area contributed by atoms with E-state index in [0.717, 1.165) is 23.7 Å². The number of hydrogen-bond donors (Lipinski definition) is 1. The molecule has 6 heteroatoms. The molecule has 1 aromatic rings.